The molecular weight excluding hydrogens is 286 g/mol. The summed E-state index contributed by atoms with van der Waals surface area (Å²) >= 11 is 0. The van der Waals surface area contributed by atoms with E-state index in [2.05, 4.69) is 27.2 Å². The number of hydrogen-bond acceptors (Lipinski definition) is 3. The number of benzene rings is 1. The molecule has 0 radical (unpaired) electrons. The number of amides is 1. The van der Waals surface area contributed by atoms with Crippen LogP contribution in [0, 0.1) is 0 Å². The summed E-state index contributed by atoms with van der Waals surface area (Å²) < 4.78 is 0. The molecule has 1 aromatic carbocycles. The molecule has 23 heavy (non-hydrogen) atoms. The molecule has 2 saturated heterocycles. The van der Waals surface area contributed by atoms with Gasteiger partial charge in [-0.1, -0.05) is 6.07 Å². The van der Waals surface area contributed by atoms with E-state index >= 15 is 0 Å². The third kappa shape index (κ3) is 3.15. The van der Waals surface area contributed by atoms with E-state index in [4.69, 9.17) is 0 Å². The minimum Gasteiger partial charge on any atom is -0.334 e. The molecule has 124 valence electrons. The Labute approximate surface area is 138 Å². The maximum Gasteiger partial charge on any atom is 0.254 e. The fraction of sp³-hybridized carbons (Fsp3) is 0.632. The second-order valence-electron chi connectivity index (χ2n) is 7.21. The summed E-state index contributed by atoms with van der Waals surface area (Å²) in [5, 5.41) is 3.39. The lowest BCUT2D eigenvalue weighted by atomic mass is 9.98. The molecule has 3 heterocycles. The Morgan fingerprint density at radius 1 is 1.13 bits per heavy atom. The third-order valence-electron chi connectivity index (χ3n) is 5.65. The molecule has 1 N–H and O–H groups in total. The van der Waals surface area contributed by atoms with Crippen LogP contribution in [0.15, 0.2) is 18.2 Å². The number of fused-ring (bicyclic) bond motifs is 1. The van der Waals surface area contributed by atoms with Crippen molar-refractivity contribution in [3.8, 4) is 0 Å². The van der Waals surface area contributed by atoms with Gasteiger partial charge >= 0.3 is 0 Å². The predicted molar refractivity (Wildman–Crippen MR) is 91.6 cm³/mol. The molecule has 0 aliphatic carbocycles. The van der Waals surface area contributed by atoms with E-state index in [0.29, 0.717) is 6.04 Å². The number of nitrogens with zero attached hydrogens (tertiary/aromatic N) is 2. The summed E-state index contributed by atoms with van der Waals surface area (Å²) in [7, 11) is 0. The van der Waals surface area contributed by atoms with Crippen LogP contribution >= 0.6 is 0 Å². The molecule has 0 saturated carbocycles. The van der Waals surface area contributed by atoms with Gasteiger partial charge in [0.15, 0.2) is 0 Å². The highest BCUT2D eigenvalue weighted by Gasteiger charge is 2.31. The van der Waals surface area contributed by atoms with Gasteiger partial charge < -0.3 is 15.1 Å². The second kappa shape index (κ2) is 6.62. The summed E-state index contributed by atoms with van der Waals surface area (Å²) in [6, 6.07) is 6.72. The van der Waals surface area contributed by atoms with Crippen LogP contribution in [-0.2, 0) is 13.0 Å². The van der Waals surface area contributed by atoms with Crippen LogP contribution in [-0.4, -0.2) is 54.5 Å². The lowest BCUT2D eigenvalue weighted by molar-refractivity contribution is 0.0708. The first-order valence-electron chi connectivity index (χ1n) is 9.17. The Morgan fingerprint density at radius 3 is 2.87 bits per heavy atom. The molecule has 4 nitrogen and oxygen atoms in total. The minimum absolute atomic E-state index is 0.244. The smallest absolute Gasteiger partial charge is 0.254 e. The molecule has 3 aliphatic rings. The van der Waals surface area contributed by atoms with E-state index in [1.807, 2.05) is 6.07 Å². The number of rotatable bonds is 3. The van der Waals surface area contributed by atoms with Gasteiger partial charge in [0, 0.05) is 31.2 Å². The van der Waals surface area contributed by atoms with E-state index in [-0.39, 0.29) is 5.91 Å². The first-order chi connectivity index (χ1) is 11.3. The Morgan fingerprint density at radius 2 is 2.00 bits per heavy atom. The zero-order chi connectivity index (χ0) is 15.6. The van der Waals surface area contributed by atoms with Crippen LogP contribution in [0.1, 0.15) is 47.2 Å². The van der Waals surface area contributed by atoms with E-state index in [9.17, 15) is 4.79 Å². The van der Waals surface area contributed by atoms with Gasteiger partial charge in [0.1, 0.15) is 0 Å². The summed E-state index contributed by atoms with van der Waals surface area (Å²) in [5.74, 6) is 0.244. The van der Waals surface area contributed by atoms with Gasteiger partial charge in [-0.3, -0.25) is 4.79 Å². The topological polar surface area (TPSA) is 35.6 Å². The molecule has 0 spiro atoms. The van der Waals surface area contributed by atoms with Crippen molar-refractivity contribution in [1.29, 1.82) is 0 Å². The van der Waals surface area contributed by atoms with Crippen LogP contribution in [0.3, 0.4) is 0 Å². The lowest BCUT2D eigenvalue weighted by Crippen LogP contribution is -2.42. The quantitative estimate of drug-likeness (QED) is 0.927. The monoisotopic (exact) mass is 313 g/mol. The van der Waals surface area contributed by atoms with Crippen molar-refractivity contribution in [2.75, 3.05) is 32.7 Å². The first kappa shape index (κ1) is 15.2. The highest BCUT2D eigenvalue weighted by molar-refractivity contribution is 5.95. The highest BCUT2D eigenvalue weighted by atomic mass is 16.2. The average Bonchev–Trinajstić information content (AvgIpc) is 3.26. The number of carbonyl (C=O) groups excluding carboxylic acids is 1. The first-order valence-corrected chi connectivity index (χ1v) is 9.17. The van der Waals surface area contributed by atoms with Gasteiger partial charge in [-0.05, 0) is 75.0 Å². The minimum atomic E-state index is 0.244. The predicted octanol–water partition coefficient (Wildman–Crippen LogP) is 2.03. The zero-order valence-electron chi connectivity index (χ0n) is 13.9. The van der Waals surface area contributed by atoms with Crippen molar-refractivity contribution < 1.29 is 4.79 Å². The van der Waals surface area contributed by atoms with Crippen molar-refractivity contribution in [2.24, 2.45) is 0 Å². The third-order valence-corrected chi connectivity index (χ3v) is 5.65. The number of nitrogens with one attached hydrogen (secondary N) is 1. The molecule has 1 amide bonds. The van der Waals surface area contributed by atoms with Gasteiger partial charge in [0.25, 0.3) is 5.91 Å². The normalized spacial score (nSPS) is 24.9. The Kier molecular flexibility index (Phi) is 4.36. The molecule has 3 aliphatic heterocycles. The Hall–Kier alpha value is -1.39. The molecule has 0 aromatic heterocycles. The molecule has 0 bridgehead atoms. The maximum absolute atomic E-state index is 13.0. The van der Waals surface area contributed by atoms with Gasteiger partial charge in [0.05, 0.1) is 0 Å². The fourth-order valence-corrected chi connectivity index (χ4v) is 4.33. The van der Waals surface area contributed by atoms with E-state index < -0.39 is 0 Å². The zero-order valence-corrected chi connectivity index (χ0v) is 13.9. The van der Waals surface area contributed by atoms with Crippen LogP contribution in [0.25, 0.3) is 0 Å². The van der Waals surface area contributed by atoms with Crippen LogP contribution in [0.2, 0.25) is 0 Å². The number of likely N-dealkylation sites (tertiary alicyclic amines) is 2. The molecule has 1 unspecified atom stereocenters. The Balaban J connectivity index is 1.48. The van der Waals surface area contributed by atoms with Gasteiger partial charge in [-0.2, -0.15) is 0 Å². The van der Waals surface area contributed by atoms with Gasteiger partial charge in [-0.25, -0.2) is 0 Å². The van der Waals surface area contributed by atoms with Crippen molar-refractivity contribution in [2.45, 2.75) is 44.7 Å². The van der Waals surface area contributed by atoms with Crippen molar-refractivity contribution >= 4 is 5.91 Å². The fourth-order valence-electron chi connectivity index (χ4n) is 4.33. The Bertz CT molecular complexity index is 580. The van der Waals surface area contributed by atoms with E-state index in [0.717, 1.165) is 51.0 Å². The van der Waals surface area contributed by atoms with E-state index in [1.165, 1.54) is 37.1 Å². The lowest BCUT2D eigenvalue weighted by Gasteiger charge is -2.29. The van der Waals surface area contributed by atoms with E-state index in [1.54, 1.807) is 0 Å². The molecule has 1 aromatic rings. The standard InChI is InChI=1S/C19H27N3O/c23-19(16-5-6-17-13-20-8-7-15(17)12-16)22-11-3-4-18(22)14-21-9-1-2-10-21/h5-6,12,18,20H,1-4,7-11,13-14H2. The molecule has 4 rings (SSSR count). The van der Waals surface area contributed by atoms with Crippen LogP contribution in [0.5, 0.6) is 0 Å². The molecule has 4 heteroatoms. The summed E-state index contributed by atoms with van der Waals surface area (Å²) in [5.41, 5.74) is 3.59. The number of carbonyl (C=O) groups is 1. The second-order valence-corrected chi connectivity index (χ2v) is 7.21. The van der Waals surface area contributed by atoms with Crippen molar-refractivity contribution in [3.05, 3.63) is 34.9 Å². The van der Waals surface area contributed by atoms with Crippen molar-refractivity contribution in [1.82, 2.24) is 15.1 Å². The van der Waals surface area contributed by atoms with Gasteiger partial charge in [0.2, 0.25) is 0 Å². The van der Waals surface area contributed by atoms with Crippen LogP contribution < -0.4 is 5.32 Å². The summed E-state index contributed by atoms with van der Waals surface area (Å²) in [6.45, 7) is 6.38. The number of hydrogen-bond donors (Lipinski definition) is 1. The van der Waals surface area contributed by atoms with Crippen LogP contribution in [0.4, 0.5) is 0 Å². The largest absolute Gasteiger partial charge is 0.334 e. The molecule has 1 atom stereocenters. The summed E-state index contributed by atoms with van der Waals surface area (Å²) in [4.78, 5) is 17.7. The van der Waals surface area contributed by atoms with Gasteiger partial charge in [-0.15, -0.1) is 0 Å². The highest BCUT2D eigenvalue weighted by Crippen LogP contribution is 2.24. The average molecular weight is 313 g/mol. The molecule has 2 fully saturated rings. The SMILES string of the molecule is O=C(c1ccc2c(c1)CCNC2)N1CCCC1CN1CCCC1. The molecular formula is C19H27N3O. The summed E-state index contributed by atoms with van der Waals surface area (Å²) in [6.07, 6.45) is 5.99. The van der Waals surface area contributed by atoms with Crippen molar-refractivity contribution in [3.63, 3.8) is 0 Å². The maximum atomic E-state index is 13.0.